The minimum absolute atomic E-state index is 0.171. The zero-order chi connectivity index (χ0) is 13.1. The van der Waals surface area contributed by atoms with Crippen molar-refractivity contribution < 1.29 is 13.9 Å². The molecule has 5 heteroatoms. The molecule has 2 aromatic rings. The summed E-state index contributed by atoms with van der Waals surface area (Å²) < 4.78 is 18.9. The third kappa shape index (κ3) is 2.57. The summed E-state index contributed by atoms with van der Waals surface area (Å²) in [6.45, 7) is 0. The maximum Gasteiger partial charge on any atom is 0.251 e. The van der Waals surface area contributed by atoms with E-state index >= 15 is 0 Å². The number of primary amides is 1. The Balaban J connectivity index is 2.25. The van der Waals surface area contributed by atoms with Crippen molar-refractivity contribution >= 4 is 11.6 Å². The van der Waals surface area contributed by atoms with Gasteiger partial charge in [0, 0.05) is 17.8 Å². The van der Waals surface area contributed by atoms with Crippen molar-refractivity contribution in [1.29, 1.82) is 0 Å². The van der Waals surface area contributed by atoms with Crippen molar-refractivity contribution in [1.82, 2.24) is 0 Å². The smallest absolute Gasteiger partial charge is 0.251 e. The average Bonchev–Trinajstić information content (AvgIpc) is 2.28. The topological polar surface area (TPSA) is 78.3 Å². The Bertz CT molecular complexity index is 599. The second kappa shape index (κ2) is 4.75. The lowest BCUT2D eigenvalue weighted by Gasteiger charge is -2.07. The van der Waals surface area contributed by atoms with Gasteiger partial charge in [-0.1, -0.05) is 6.07 Å². The maximum absolute atomic E-state index is 13.5. The molecule has 0 saturated carbocycles. The fraction of sp³-hybridized carbons (Fsp3) is 0. The predicted octanol–water partition coefficient (Wildman–Crippen LogP) is 2.30. The third-order valence-corrected chi connectivity index (χ3v) is 2.30. The molecule has 4 nitrogen and oxygen atoms in total. The van der Waals surface area contributed by atoms with Crippen molar-refractivity contribution in [3.63, 3.8) is 0 Å². The van der Waals surface area contributed by atoms with E-state index in [9.17, 15) is 9.18 Å². The molecule has 92 valence electrons. The molecule has 1 amide bonds. The quantitative estimate of drug-likeness (QED) is 0.815. The monoisotopic (exact) mass is 246 g/mol. The number of halogens is 1. The van der Waals surface area contributed by atoms with Gasteiger partial charge in [0.05, 0.1) is 5.56 Å². The van der Waals surface area contributed by atoms with E-state index in [-0.39, 0.29) is 11.3 Å². The highest BCUT2D eigenvalue weighted by Gasteiger charge is 2.09. The van der Waals surface area contributed by atoms with Gasteiger partial charge in [-0.15, -0.1) is 0 Å². The molecule has 0 spiro atoms. The number of hydrogen-bond donors (Lipinski definition) is 2. The van der Waals surface area contributed by atoms with E-state index in [0.29, 0.717) is 11.4 Å². The Hall–Kier alpha value is -2.56. The molecule has 2 rings (SSSR count). The van der Waals surface area contributed by atoms with E-state index in [1.165, 1.54) is 12.1 Å². The highest BCUT2D eigenvalue weighted by Crippen LogP contribution is 2.24. The van der Waals surface area contributed by atoms with Crippen molar-refractivity contribution in [3.05, 3.63) is 53.8 Å². The highest BCUT2D eigenvalue weighted by molar-refractivity contribution is 5.93. The standard InChI is InChI=1S/C13H11FN2O2/c14-12-7-10(4-5-11(12)13(16)17)18-9-3-1-2-8(15)6-9/h1-7H,15H2,(H2,16,17). The van der Waals surface area contributed by atoms with Crippen molar-refractivity contribution in [2.75, 3.05) is 5.73 Å². The first-order valence-corrected chi connectivity index (χ1v) is 5.19. The lowest BCUT2D eigenvalue weighted by molar-refractivity contribution is 0.0996. The summed E-state index contributed by atoms with van der Waals surface area (Å²) in [7, 11) is 0. The number of ether oxygens (including phenoxy) is 1. The van der Waals surface area contributed by atoms with Crippen molar-refractivity contribution in [3.8, 4) is 11.5 Å². The van der Waals surface area contributed by atoms with Crippen LogP contribution in [0.5, 0.6) is 11.5 Å². The minimum atomic E-state index is -0.817. The number of hydrogen-bond acceptors (Lipinski definition) is 3. The summed E-state index contributed by atoms with van der Waals surface area (Å²) in [4.78, 5) is 10.9. The summed E-state index contributed by atoms with van der Waals surface area (Å²) in [6.07, 6.45) is 0. The molecular formula is C13H11FN2O2. The summed E-state index contributed by atoms with van der Waals surface area (Å²) in [6, 6.07) is 10.6. The molecule has 0 atom stereocenters. The summed E-state index contributed by atoms with van der Waals surface area (Å²) >= 11 is 0. The molecule has 0 radical (unpaired) electrons. The highest BCUT2D eigenvalue weighted by atomic mass is 19.1. The number of rotatable bonds is 3. The van der Waals surface area contributed by atoms with Gasteiger partial charge in [-0.2, -0.15) is 0 Å². The molecule has 0 aromatic heterocycles. The molecular weight excluding hydrogens is 235 g/mol. The maximum atomic E-state index is 13.5. The van der Waals surface area contributed by atoms with Gasteiger partial charge in [-0.3, -0.25) is 4.79 Å². The van der Waals surface area contributed by atoms with Crippen LogP contribution in [0.15, 0.2) is 42.5 Å². The Morgan fingerprint density at radius 2 is 1.83 bits per heavy atom. The lowest BCUT2D eigenvalue weighted by Crippen LogP contribution is -2.12. The summed E-state index contributed by atoms with van der Waals surface area (Å²) in [5, 5.41) is 0. The lowest BCUT2D eigenvalue weighted by atomic mass is 10.2. The normalized spacial score (nSPS) is 10.1. The van der Waals surface area contributed by atoms with E-state index in [2.05, 4.69) is 0 Å². The molecule has 0 bridgehead atoms. The van der Waals surface area contributed by atoms with Crippen molar-refractivity contribution in [2.24, 2.45) is 5.73 Å². The van der Waals surface area contributed by atoms with E-state index in [0.717, 1.165) is 6.07 Å². The second-order valence-corrected chi connectivity index (χ2v) is 3.68. The Kier molecular flexibility index (Phi) is 3.14. The molecule has 0 saturated heterocycles. The number of benzene rings is 2. The Morgan fingerprint density at radius 1 is 1.11 bits per heavy atom. The first kappa shape index (κ1) is 11.9. The van der Waals surface area contributed by atoms with Gasteiger partial charge in [-0.25, -0.2) is 4.39 Å². The first-order chi connectivity index (χ1) is 8.56. The van der Waals surface area contributed by atoms with Gasteiger partial charge < -0.3 is 16.2 Å². The van der Waals surface area contributed by atoms with Crippen LogP contribution in [0.2, 0.25) is 0 Å². The zero-order valence-electron chi connectivity index (χ0n) is 9.39. The van der Waals surface area contributed by atoms with Gasteiger partial charge in [0.15, 0.2) is 0 Å². The van der Waals surface area contributed by atoms with Crippen LogP contribution in [-0.2, 0) is 0 Å². The largest absolute Gasteiger partial charge is 0.457 e. The number of carbonyl (C=O) groups is 1. The minimum Gasteiger partial charge on any atom is -0.457 e. The number of nitrogens with two attached hydrogens (primary N) is 2. The fourth-order valence-corrected chi connectivity index (χ4v) is 1.47. The van der Waals surface area contributed by atoms with Crippen LogP contribution < -0.4 is 16.2 Å². The number of amides is 1. The van der Waals surface area contributed by atoms with Crippen LogP contribution in [-0.4, -0.2) is 5.91 Å². The van der Waals surface area contributed by atoms with E-state index < -0.39 is 11.7 Å². The van der Waals surface area contributed by atoms with Crippen molar-refractivity contribution in [2.45, 2.75) is 0 Å². The molecule has 0 heterocycles. The summed E-state index contributed by atoms with van der Waals surface area (Å²) in [5.41, 5.74) is 11.0. The predicted molar refractivity (Wildman–Crippen MR) is 65.8 cm³/mol. The SMILES string of the molecule is NC(=O)c1ccc(Oc2cccc(N)c2)cc1F. The number of nitrogen functional groups attached to an aromatic ring is 1. The van der Waals surface area contributed by atoms with Gasteiger partial charge in [0.2, 0.25) is 0 Å². The second-order valence-electron chi connectivity index (χ2n) is 3.68. The molecule has 0 unspecified atom stereocenters. The van der Waals surface area contributed by atoms with Crippen LogP contribution in [0.4, 0.5) is 10.1 Å². The van der Waals surface area contributed by atoms with Crippen LogP contribution in [0.25, 0.3) is 0 Å². The summed E-state index contributed by atoms with van der Waals surface area (Å²) in [5.74, 6) is -0.781. The molecule has 2 aromatic carbocycles. The van der Waals surface area contributed by atoms with Gasteiger partial charge in [-0.05, 0) is 24.3 Å². The van der Waals surface area contributed by atoms with Gasteiger partial charge in [0.25, 0.3) is 5.91 Å². The Labute approximate surface area is 103 Å². The van der Waals surface area contributed by atoms with E-state index in [1.807, 2.05) is 0 Å². The van der Waals surface area contributed by atoms with Gasteiger partial charge >= 0.3 is 0 Å². The van der Waals surface area contributed by atoms with Crippen LogP contribution in [0.3, 0.4) is 0 Å². The third-order valence-electron chi connectivity index (χ3n) is 2.30. The average molecular weight is 246 g/mol. The molecule has 18 heavy (non-hydrogen) atoms. The van der Waals surface area contributed by atoms with Crippen LogP contribution >= 0.6 is 0 Å². The molecule has 0 aliphatic carbocycles. The van der Waals surface area contributed by atoms with Crippen LogP contribution in [0, 0.1) is 5.82 Å². The first-order valence-electron chi connectivity index (χ1n) is 5.19. The molecule has 0 aliphatic heterocycles. The van der Waals surface area contributed by atoms with Crippen LogP contribution in [0.1, 0.15) is 10.4 Å². The molecule has 4 N–H and O–H groups in total. The number of anilines is 1. The fourth-order valence-electron chi connectivity index (χ4n) is 1.47. The van der Waals surface area contributed by atoms with E-state index in [1.54, 1.807) is 24.3 Å². The molecule has 0 aliphatic rings. The van der Waals surface area contributed by atoms with E-state index in [4.69, 9.17) is 16.2 Å². The van der Waals surface area contributed by atoms with Gasteiger partial charge in [0.1, 0.15) is 17.3 Å². The zero-order valence-corrected chi connectivity index (χ0v) is 9.39. The molecule has 0 fully saturated rings. The Morgan fingerprint density at radius 3 is 2.44 bits per heavy atom. The number of carbonyl (C=O) groups excluding carboxylic acids is 1.